The summed E-state index contributed by atoms with van der Waals surface area (Å²) in [6, 6.07) is 13.5. The summed E-state index contributed by atoms with van der Waals surface area (Å²) in [6.45, 7) is 0. The first-order chi connectivity index (χ1) is 10.4. The number of hydrogen-bond donors (Lipinski definition) is 0. The molecule has 2 aromatic rings. The number of Topliss-reactive ketones (excluding diaryl/α,β-unsaturated/α-hetero) is 1. The molecule has 0 amide bonds. The van der Waals surface area contributed by atoms with Crippen LogP contribution in [0.3, 0.4) is 0 Å². The zero-order valence-corrected chi connectivity index (χ0v) is 12.7. The minimum atomic E-state index is -3.61. The normalized spacial score (nSPS) is 11.0. The predicted octanol–water partition coefficient (Wildman–Crippen LogP) is 2.27. The minimum Gasteiger partial charge on any atom is -0.469 e. The standard InChI is InChI=1S/C16H14O5S/c1-21-16(18)11-15(17)12-7-9-14(10-8-12)22(19,20)13-5-3-2-4-6-13/h2-10H,11H2,1H3. The van der Waals surface area contributed by atoms with Gasteiger partial charge in [0.05, 0.1) is 16.9 Å². The van der Waals surface area contributed by atoms with E-state index in [4.69, 9.17) is 0 Å². The van der Waals surface area contributed by atoms with Crippen molar-refractivity contribution in [1.82, 2.24) is 0 Å². The number of sulfone groups is 1. The third kappa shape index (κ3) is 3.40. The molecule has 0 spiro atoms. The number of carbonyl (C=O) groups is 2. The van der Waals surface area contributed by atoms with Crippen molar-refractivity contribution in [3.63, 3.8) is 0 Å². The van der Waals surface area contributed by atoms with Gasteiger partial charge in [-0.25, -0.2) is 8.42 Å². The molecule has 0 N–H and O–H groups in total. The quantitative estimate of drug-likeness (QED) is 0.480. The number of esters is 1. The Morgan fingerprint density at radius 3 is 2.00 bits per heavy atom. The lowest BCUT2D eigenvalue weighted by molar-refractivity contribution is -0.139. The van der Waals surface area contributed by atoms with Crippen LogP contribution in [0, 0.1) is 0 Å². The maximum Gasteiger partial charge on any atom is 0.313 e. The smallest absolute Gasteiger partial charge is 0.313 e. The first-order valence-electron chi connectivity index (χ1n) is 6.45. The molecule has 0 fully saturated rings. The molecular weight excluding hydrogens is 304 g/mol. The summed E-state index contributed by atoms with van der Waals surface area (Å²) in [5, 5.41) is 0. The van der Waals surface area contributed by atoms with E-state index < -0.39 is 21.6 Å². The highest BCUT2D eigenvalue weighted by Gasteiger charge is 2.18. The van der Waals surface area contributed by atoms with Crippen LogP contribution in [0.4, 0.5) is 0 Å². The molecule has 0 unspecified atom stereocenters. The monoisotopic (exact) mass is 318 g/mol. The van der Waals surface area contributed by atoms with Gasteiger partial charge < -0.3 is 4.74 Å². The summed E-state index contributed by atoms with van der Waals surface area (Å²) in [7, 11) is -2.41. The third-order valence-electron chi connectivity index (χ3n) is 3.07. The average molecular weight is 318 g/mol. The van der Waals surface area contributed by atoms with E-state index in [9.17, 15) is 18.0 Å². The SMILES string of the molecule is COC(=O)CC(=O)c1ccc(S(=O)(=O)c2ccccc2)cc1. The van der Waals surface area contributed by atoms with Crippen LogP contribution in [0.5, 0.6) is 0 Å². The van der Waals surface area contributed by atoms with Crippen LogP contribution in [-0.4, -0.2) is 27.3 Å². The summed E-state index contributed by atoms with van der Waals surface area (Å²) in [5.74, 6) is -1.05. The van der Waals surface area contributed by atoms with Gasteiger partial charge in [0.25, 0.3) is 0 Å². The molecule has 0 aromatic heterocycles. The molecule has 0 radical (unpaired) electrons. The molecule has 22 heavy (non-hydrogen) atoms. The Kier molecular flexibility index (Phi) is 4.72. The van der Waals surface area contributed by atoms with Crippen molar-refractivity contribution in [2.75, 3.05) is 7.11 Å². The molecule has 0 aliphatic rings. The topological polar surface area (TPSA) is 77.5 Å². The van der Waals surface area contributed by atoms with Crippen molar-refractivity contribution in [3.8, 4) is 0 Å². The Hall–Kier alpha value is -2.47. The molecule has 2 aromatic carbocycles. The molecule has 6 heteroatoms. The van der Waals surface area contributed by atoms with E-state index in [2.05, 4.69) is 4.74 Å². The fraction of sp³-hybridized carbons (Fsp3) is 0.125. The van der Waals surface area contributed by atoms with Crippen LogP contribution >= 0.6 is 0 Å². The lowest BCUT2D eigenvalue weighted by atomic mass is 10.1. The van der Waals surface area contributed by atoms with Crippen LogP contribution < -0.4 is 0 Å². The molecule has 5 nitrogen and oxygen atoms in total. The fourth-order valence-electron chi connectivity index (χ4n) is 1.86. The highest BCUT2D eigenvalue weighted by Crippen LogP contribution is 2.21. The van der Waals surface area contributed by atoms with Crippen molar-refractivity contribution in [2.24, 2.45) is 0 Å². The molecule has 0 saturated carbocycles. The number of ether oxygens (including phenoxy) is 1. The lowest BCUT2D eigenvalue weighted by Crippen LogP contribution is -2.10. The summed E-state index contributed by atoms with van der Waals surface area (Å²) in [4.78, 5) is 23.1. The van der Waals surface area contributed by atoms with Gasteiger partial charge in [-0.2, -0.15) is 0 Å². The Labute approximate surface area is 128 Å². The number of ketones is 1. The molecule has 0 atom stereocenters. The van der Waals surface area contributed by atoms with Crippen molar-refractivity contribution < 1.29 is 22.7 Å². The zero-order chi connectivity index (χ0) is 16.2. The second kappa shape index (κ2) is 6.53. The van der Waals surface area contributed by atoms with Gasteiger partial charge in [0.2, 0.25) is 9.84 Å². The number of methoxy groups -OCH3 is 1. The van der Waals surface area contributed by atoms with Crippen LogP contribution in [0.2, 0.25) is 0 Å². The summed E-state index contributed by atoms with van der Waals surface area (Å²) in [6.07, 6.45) is -0.374. The van der Waals surface area contributed by atoms with Crippen LogP contribution in [0.15, 0.2) is 64.4 Å². The Bertz CT molecular complexity index is 777. The minimum absolute atomic E-state index is 0.0910. The van der Waals surface area contributed by atoms with Gasteiger partial charge in [-0.1, -0.05) is 30.3 Å². The van der Waals surface area contributed by atoms with Crippen molar-refractivity contribution in [3.05, 3.63) is 60.2 Å². The van der Waals surface area contributed by atoms with Crippen molar-refractivity contribution in [1.29, 1.82) is 0 Å². The predicted molar refractivity (Wildman–Crippen MR) is 79.3 cm³/mol. The maximum atomic E-state index is 12.4. The van der Waals surface area contributed by atoms with E-state index in [1.165, 1.54) is 43.5 Å². The molecular formula is C16H14O5S. The molecule has 2 rings (SSSR count). The van der Waals surface area contributed by atoms with E-state index in [0.29, 0.717) is 0 Å². The van der Waals surface area contributed by atoms with E-state index >= 15 is 0 Å². The van der Waals surface area contributed by atoms with Crippen LogP contribution in [-0.2, 0) is 19.4 Å². The highest BCUT2D eigenvalue weighted by atomic mass is 32.2. The van der Waals surface area contributed by atoms with Gasteiger partial charge >= 0.3 is 5.97 Å². The molecule has 0 bridgehead atoms. The number of rotatable bonds is 5. The van der Waals surface area contributed by atoms with Crippen molar-refractivity contribution in [2.45, 2.75) is 16.2 Å². The number of benzene rings is 2. The maximum absolute atomic E-state index is 12.4. The molecule has 0 aliphatic carbocycles. The Morgan fingerprint density at radius 2 is 1.45 bits per heavy atom. The summed E-state index contributed by atoms with van der Waals surface area (Å²) in [5.41, 5.74) is 0.261. The second-order valence-corrected chi connectivity index (χ2v) is 6.47. The van der Waals surface area contributed by atoms with Crippen LogP contribution in [0.25, 0.3) is 0 Å². The Morgan fingerprint density at radius 1 is 0.909 bits per heavy atom. The number of hydrogen-bond acceptors (Lipinski definition) is 5. The lowest BCUT2D eigenvalue weighted by Gasteiger charge is -2.05. The van der Waals surface area contributed by atoms with Crippen molar-refractivity contribution >= 4 is 21.6 Å². The van der Waals surface area contributed by atoms with E-state index in [-0.39, 0.29) is 21.8 Å². The van der Waals surface area contributed by atoms with Gasteiger partial charge in [0, 0.05) is 5.56 Å². The Balaban J connectivity index is 2.26. The van der Waals surface area contributed by atoms with Gasteiger partial charge in [-0.05, 0) is 24.3 Å². The summed E-state index contributed by atoms with van der Waals surface area (Å²) < 4.78 is 29.2. The average Bonchev–Trinajstić information content (AvgIpc) is 2.55. The largest absolute Gasteiger partial charge is 0.469 e. The van der Waals surface area contributed by atoms with Crippen LogP contribution in [0.1, 0.15) is 16.8 Å². The molecule has 0 heterocycles. The molecule has 0 aliphatic heterocycles. The van der Waals surface area contributed by atoms with Gasteiger partial charge in [0.15, 0.2) is 5.78 Å². The first-order valence-corrected chi connectivity index (χ1v) is 7.93. The van der Waals surface area contributed by atoms with E-state index in [0.717, 1.165) is 0 Å². The third-order valence-corrected chi connectivity index (χ3v) is 4.86. The van der Waals surface area contributed by atoms with E-state index in [1.54, 1.807) is 18.2 Å². The number of carbonyl (C=O) groups excluding carboxylic acids is 2. The van der Waals surface area contributed by atoms with Gasteiger partial charge in [-0.15, -0.1) is 0 Å². The summed E-state index contributed by atoms with van der Waals surface area (Å²) >= 11 is 0. The second-order valence-electron chi connectivity index (χ2n) is 4.52. The van der Waals surface area contributed by atoms with E-state index in [1.807, 2.05) is 0 Å². The fourth-order valence-corrected chi connectivity index (χ4v) is 3.14. The van der Waals surface area contributed by atoms with Gasteiger partial charge in [0.1, 0.15) is 6.42 Å². The highest BCUT2D eigenvalue weighted by molar-refractivity contribution is 7.91. The molecule has 0 saturated heterocycles. The van der Waals surface area contributed by atoms with Gasteiger partial charge in [-0.3, -0.25) is 9.59 Å². The first kappa shape index (κ1) is 15.9. The molecule has 114 valence electrons. The zero-order valence-electron chi connectivity index (χ0n) is 11.9.